The summed E-state index contributed by atoms with van der Waals surface area (Å²) in [5, 5.41) is 2.49. The molecule has 0 aromatic heterocycles. The highest BCUT2D eigenvalue weighted by molar-refractivity contribution is 8.06. The number of aryl methyl sites for hydroxylation is 1. The molecule has 1 heterocycles. The predicted octanol–water partition coefficient (Wildman–Crippen LogP) is 3.74. The lowest BCUT2D eigenvalue weighted by Crippen LogP contribution is -2.45. The Morgan fingerprint density at radius 3 is 2.62 bits per heavy atom. The number of sulfone groups is 1. The average molecular weight is 414 g/mol. The second kappa shape index (κ2) is 7.56. The third-order valence-electron chi connectivity index (χ3n) is 4.40. The predicted molar refractivity (Wildman–Crippen MR) is 102 cm³/mol. The summed E-state index contributed by atoms with van der Waals surface area (Å²) in [6, 6.07) is 11.0. The van der Waals surface area contributed by atoms with Crippen molar-refractivity contribution in [2.24, 2.45) is 0 Å². The van der Waals surface area contributed by atoms with Gasteiger partial charge in [-0.05, 0) is 42.7 Å². The quantitative estimate of drug-likeness (QED) is 0.826. The number of anilines is 1. The molecule has 2 unspecified atom stereocenters. The van der Waals surface area contributed by atoms with Crippen LogP contribution in [0.15, 0.2) is 47.4 Å². The van der Waals surface area contributed by atoms with Crippen molar-refractivity contribution in [3.8, 4) is 0 Å². The van der Waals surface area contributed by atoms with Crippen molar-refractivity contribution in [3.63, 3.8) is 0 Å². The molecular formula is C18H17Cl2NO4S. The molecule has 5 nitrogen and oxygen atoms in total. The molecule has 0 spiro atoms. The minimum atomic E-state index is -4.26. The lowest BCUT2D eigenvalue weighted by atomic mass is 9.95. The van der Waals surface area contributed by atoms with E-state index in [0.717, 1.165) is 17.7 Å². The molecule has 0 saturated heterocycles. The lowest BCUT2D eigenvalue weighted by Gasteiger charge is -2.31. The Hall–Kier alpha value is -1.60. The molecule has 0 aliphatic carbocycles. The summed E-state index contributed by atoms with van der Waals surface area (Å²) in [6.45, 7) is 0. The number of para-hydroxylation sites is 1. The largest absolute Gasteiger partial charge is 0.379 e. The highest BCUT2D eigenvalue weighted by Gasteiger charge is 2.39. The van der Waals surface area contributed by atoms with Crippen LogP contribution < -0.4 is 5.32 Å². The van der Waals surface area contributed by atoms with Crippen LogP contribution in [-0.2, 0) is 25.8 Å². The number of methoxy groups -OCH3 is 1. The molecule has 26 heavy (non-hydrogen) atoms. The van der Waals surface area contributed by atoms with Gasteiger partial charge in [0.1, 0.15) is 0 Å². The number of hydrogen-bond donors (Lipinski definition) is 1. The highest BCUT2D eigenvalue weighted by atomic mass is 35.5. The number of carbonyl (C=O) groups excluding carboxylic acids is 1. The van der Waals surface area contributed by atoms with Gasteiger partial charge in [0, 0.05) is 12.8 Å². The van der Waals surface area contributed by atoms with Gasteiger partial charge in [0.2, 0.25) is 9.84 Å². The van der Waals surface area contributed by atoms with E-state index in [-0.39, 0.29) is 14.9 Å². The van der Waals surface area contributed by atoms with Crippen molar-refractivity contribution in [1.29, 1.82) is 0 Å². The first kappa shape index (κ1) is 19.2. The van der Waals surface area contributed by atoms with Crippen molar-refractivity contribution in [3.05, 3.63) is 58.1 Å². The van der Waals surface area contributed by atoms with Crippen LogP contribution in [0.1, 0.15) is 12.0 Å². The Balaban J connectivity index is 1.88. The number of nitrogens with one attached hydrogen (secondary N) is 1. The molecule has 0 fully saturated rings. The summed E-state index contributed by atoms with van der Waals surface area (Å²) in [7, 11) is -2.93. The summed E-state index contributed by atoms with van der Waals surface area (Å²) in [4.78, 5) is 12.6. The number of fused-ring (bicyclic) bond motifs is 1. The topological polar surface area (TPSA) is 72.5 Å². The fraction of sp³-hybridized carbons (Fsp3) is 0.278. The van der Waals surface area contributed by atoms with Crippen LogP contribution in [0.5, 0.6) is 0 Å². The average Bonchev–Trinajstić information content (AvgIpc) is 2.64. The van der Waals surface area contributed by atoms with E-state index >= 15 is 0 Å². The van der Waals surface area contributed by atoms with Gasteiger partial charge in [0.05, 0.1) is 21.0 Å². The first-order valence-corrected chi connectivity index (χ1v) is 10.2. The Bertz CT molecular complexity index is 946. The molecule has 8 heteroatoms. The van der Waals surface area contributed by atoms with Crippen molar-refractivity contribution in [2.45, 2.75) is 29.9 Å². The monoisotopic (exact) mass is 413 g/mol. The van der Waals surface area contributed by atoms with E-state index in [0.29, 0.717) is 6.42 Å². The Morgan fingerprint density at radius 1 is 1.19 bits per heavy atom. The molecule has 2 atom stereocenters. The highest BCUT2D eigenvalue weighted by Crippen LogP contribution is 2.29. The number of rotatable bonds is 4. The smallest absolute Gasteiger partial charge is 0.281 e. The van der Waals surface area contributed by atoms with Gasteiger partial charge in [-0.1, -0.05) is 41.4 Å². The summed E-state index contributed by atoms with van der Waals surface area (Å²) in [5.74, 6) is 0. The number of halogens is 2. The van der Waals surface area contributed by atoms with E-state index in [1.165, 1.54) is 25.3 Å². The molecule has 0 bridgehead atoms. The summed E-state index contributed by atoms with van der Waals surface area (Å²) < 4.78 is 30.7. The van der Waals surface area contributed by atoms with Gasteiger partial charge >= 0.3 is 0 Å². The summed E-state index contributed by atoms with van der Waals surface area (Å²) >= 11 is 11.7. The second-order valence-electron chi connectivity index (χ2n) is 6.00. The fourth-order valence-electron chi connectivity index (χ4n) is 3.03. The molecule has 0 radical (unpaired) electrons. The van der Waals surface area contributed by atoms with Crippen molar-refractivity contribution < 1.29 is 17.9 Å². The zero-order valence-electron chi connectivity index (χ0n) is 13.9. The normalized spacial score (nSPS) is 17.9. The number of hydrogen-bond acceptors (Lipinski definition) is 5. The zero-order valence-corrected chi connectivity index (χ0v) is 16.2. The van der Waals surface area contributed by atoms with Crippen LogP contribution in [0.3, 0.4) is 0 Å². The van der Waals surface area contributed by atoms with Gasteiger partial charge in [-0.3, -0.25) is 4.79 Å². The zero-order chi connectivity index (χ0) is 18.9. The molecule has 1 aliphatic heterocycles. The van der Waals surface area contributed by atoms with Crippen LogP contribution in [0.2, 0.25) is 10.0 Å². The van der Waals surface area contributed by atoms with Crippen LogP contribution in [-0.4, -0.2) is 32.8 Å². The maximum Gasteiger partial charge on any atom is 0.281 e. The van der Waals surface area contributed by atoms with E-state index in [4.69, 9.17) is 27.9 Å². The molecule has 1 N–H and O–H groups in total. The van der Waals surface area contributed by atoms with Gasteiger partial charge in [-0.2, -0.15) is 0 Å². The van der Waals surface area contributed by atoms with Gasteiger partial charge in [0.25, 0.3) is 5.12 Å². The van der Waals surface area contributed by atoms with Crippen LogP contribution in [0, 0.1) is 0 Å². The van der Waals surface area contributed by atoms with Crippen LogP contribution >= 0.6 is 23.2 Å². The molecule has 0 amide bonds. The van der Waals surface area contributed by atoms with Crippen LogP contribution in [0.4, 0.5) is 5.69 Å². The number of ether oxygens (including phenoxy) is 1. The van der Waals surface area contributed by atoms with Gasteiger partial charge < -0.3 is 10.1 Å². The molecule has 2 aromatic rings. The third kappa shape index (κ3) is 3.60. The molecule has 1 aliphatic rings. The minimum absolute atomic E-state index is 0.0687. The summed E-state index contributed by atoms with van der Waals surface area (Å²) in [5.41, 5.74) is 2.00. The van der Waals surface area contributed by atoms with Crippen molar-refractivity contribution in [2.75, 3.05) is 12.4 Å². The Labute approximate surface area is 162 Å². The molecule has 138 valence electrons. The van der Waals surface area contributed by atoms with E-state index in [1.54, 1.807) is 0 Å². The molecule has 2 aromatic carbocycles. The maximum atomic E-state index is 12.8. The van der Waals surface area contributed by atoms with E-state index in [2.05, 4.69) is 5.32 Å². The van der Waals surface area contributed by atoms with Crippen LogP contribution in [0.25, 0.3) is 0 Å². The Kier molecular flexibility index (Phi) is 5.58. The molecule has 3 rings (SSSR count). The third-order valence-corrected chi connectivity index (χ3v) is 6.78. The minimum Gasteiger partial charge on any atom is -0.379 e. The summed E-state index contributed by atoms with van der Waals surface area (Å²) in [6.07, 6.45) is 0.175. The van der Waals surface area contributed by atoms with E-state index in [1.807, 2.05) is 24.3 Å². The lowest BCUT2D eigenvalue weighted by molar-refractivity contribution is -0.121. The maximum absolute atomic E-state index is 12.8. The SMILES string of the molecule is COC(C(=O)S(=O)(=O)c1ccc(Cl)c(Cl)c1)C1CCc2ccccc2N1. The first-order valence-electron chi connectivity index (χ1n) is 7.96. The molecular weight excluding hydrogens is 397 g/mol. The van der Waals surface area contributed by atoms with Crippen molar-refractivity contribution in [1.82, 2.24) is 0 Å². The molecule has 0 saturated carbocycles. The van der Waals surface area contributed by atoms with E-state index in [9.17, 15) is 13.2 Å². The standard InChI is InChI=1S/C18H17Cl2NO4S/c1-25-17(16-9-6-11-4-2-3-5-15(11)21-16)18(22)26(23,24)12-7-8-13(19)14(20)10-12/h2-5,7-8,10,16-17,21H,6,9H2,1H3. The Morgan fingerprint density at radius 2 is 1.92 bits per heavy atom. The fourth-order valence-corrected chi connectivity index (χ4v) is 4.71. The van der Waals surface area contributed by atoms with E-state index < -0.39 is 27.1 Å². The number of carbonyl (C=O) groups is 1. The first-order chi connectivity index (χ1) is 12.3. The second-order valence-corrected chi connectivity index (χ2v) is 8.70. The van der Waals surface area contributed by atoms with Crippen molar-refractivity contribution >= 4 is 43.8 Å². The van der Waals surface area contributed by atoms with Gasteiger partial charge in [-0.25, -0.2) is 8.42 Å². The van der Waals surface area contributed by atoms with Gasteiger partial charge in [0.15, 0.2) is 6.10 Å². The van der Waals surface area contributed by atoms with Gasteiger partial charge in [-0.15, -0.1) is 0 Å². The number of benzene rings is 2.